The number of hydrogen-bond donors (Lipinski definition) is 1. The molecule has 0 amide bonds. The zero-order chi connectivity index (χ0) is 10.7. The van der Waals surface area contributed by atoms with E-state index in [1.807, 2.05) is 0 Å². The van der Waals surface area contributed by atoms with E-state index >= 15 is 0 Å². The van der Waals surface area contributed by atoms with Crippen LogP contribution in [0, 0.1) is 0 Å². The van der Waals surface area contributed by atoms with Crippen molar-refractivity contribution in [2.45, 2.75) is 64.0 Å². The Balaban J connectivity index is 1.92. The molecule has 2 fully saturated rings. The van der Waals surface area contributed by atoms with Crippen LogP contribution in [0.1, 0.15) is 52.4 Å². The number of rotatable bonds is 3. The van der Waals surface area contributed by atoms with Gasteiger partial charge in [-0.2, -0.15) is 0 Å². The molecule has 1 aliphatic heterocycles. The van der Waals surface area contributed by atoms with Crippen molar-refractivity contribution in [3.8, 4) is 0 Å². The van der Waals surface area contributed by atoms with E-state index in [0.717, 1.165) is 6.04 Å². The summed E-state index contributed by atoms with van der Waals surface area (Å²) in [6.45, 7) is 8.57. The van der Waals surface area contributed by atoms with Gasteiger partial charge in [0.25, 0.3) is 0 Å². The lowest BCUT2D eigenvalue weighted by atomic mass is 9.76. The maximum absolute atomic E-state index is 3.69. The monoisotopic (exact) mass is 210 g/mol. The molecule has 1 saturated carbocycles. The first-order valence-electron chi connectivity index (χ1n) is 6.73. The molecule has 1 saturated heterocycles. The average Bonchev–Trinajstić information content (AvgIpc) is 2.41. The van der Waals surface area contributed by atoms with Gasteiger partial charge in [0.2, 0.25) is 0 Å². The summed E-state index contributed by atoms with van der Waals surface area (Å²) in [5, 5.41) is 3.69. The molecule has 2 nitrogen and oxygen atoms in total. The molecule has 1 atom stereocenters. The third-order valence-corrected chi connectivity index (χ3v) is 4.31. The molecule has 1 aliphatic carbocycles. The second-order valence-corrected chi connectivity index (χ2v) is 5.59. The van der Waals surface area contributed by atoms with Gasteiger partial charge in [-0.25, -0.2) is 0 Å². The summed E-state index contributed by atoms with van der Waals surface area (Å²) in [5.41, 5.74) is 0.554. The first-order chi connectivity index (χ1) is 7.24. The van der Waals surface area contributed by atoms with Gasteiger partial charge < -0.3 is 5.32 Å². The van der Waals surface area contributed by atoms with E-state index in [4.69, 9.17) is 0 Å². The van der Waals surface area contributed by atoms with E-state index in [0.29, 0.717) is 5.54 Å². The highest BCUT2D eigenvalue weighted by Crippen LogP contribution is 2.37. The third kappa shape index (κ3) is 2.54. The Kier molecular flexibility index (Phi) is 3.68. The van der Waals surface area contributed by atoms with E-state index in [-0.39, 0.29) is 0 Å². The van der Waals surface area contributed by atoms with Gasteiger partial charge in [0.1, 0.15) is 0 Å². The molecular formula is C13H26N2. The number of hydrogen-bond acceptors (Lipinski definition) is 2. The molecule has 0 aromatic rings. The second kappa shape index (κ2) is 4.84. The molecule has 15 heavy (non-hydrogen) atoms. The van der Waals surface area contributed by atoms with Gasteiger partial charge in [0, 0.05) is 18.1 Å². The van der Waals surface area contributed by atoms with Gasteiger partial charge in [-0.15, -0.1) is 0 Å². The van der Waals surface area contributed by atoms with E-state index in [1.165, 1.54) is 58.2 Å². The van der Waals surface area contributed by atoms with Crippen LogP contribution >= 0.6 is 0 Å². The van der Waals surface area contributed by atoms with Crippen LogP contribution in [0.3, 0.4) is 0 Å². The van der Waals surface area contributed by atoms with Crippen LogP contribution in [-0.4, -0.2) is 36.1 Å². The zero-order valence-corrected chi connectivity index (χ0v) is 10.4. The lowest BCUT2D eigenvalue weighted by Crippen LogP contribution is -2.54. The minimum Gasteiger partial charge on any atom is -0.313 e. The molecule has 0 aromatic heterocycles. The fourth-order valence-electron chi connectivity index (χ4n) is 3.03. The van der Waals surface area contributed by atoms with Crippen LogP contribution in [0.15, 0.2) is 0 Å². The van der Waals surface area contributed by atoms with Gasteiger partial charge in [0.15, 0.2) is 0 Å². The van der Waals surface area contributed by atoms with Crippen molar-refractivity contribution in [3.05, 3.63) is 0 Å². The Morgan fingerprint density at radius 1 is 1.33 bits per heavy atom. The molecule has 2 heteroatoms. The largest absolute Gasteiger partial charge is 0.313 e. The van der Waals surface area contributed by atoms with Crippen molar-refractivity contribution in [2.75, 3.05) is 19.6 Å². The summed E-state index contributed by atoms with van der Waals surface area (Å²) in [6, 6.07) is 0.745. The van der Waals surface area contributed by atoms with Crippen molar-refractivity contribution in [2.24, 2.45) is 0 Å². The number of nitrogens with one attached hydrogen (secondary N) is 1. The van der Waals surface area contributed by atoms with Crippen molar-refractivity contribution >= 4 is 0 Å². The normalized spacial score (nSPS) is 32.0. The van der Waals surface area contributed by atoms with E-state index in [9.17, 15) is 0 Å². The predicted octanol–water partition coefficient (Wildman–Crippen LogP) is 2.39. The molecule has 0 bridgehead atoms. The maximum atomic E-state index is 3.69. The second-order valence-electron chi connectivity index (χ2n) is 5.59. The Bertz CT molecular complexity index is 199. The Hall–Kier alpha value is -0.0800. The Morgan fingerprint density at radius 3 is 2.73 bits per heavy atom. The minimum atomic E-state index is 0.554. The van der Waals surface area contributed by atoms with Crippen LogP contribution in [0.4, 0.5) is 0 Å². The quantitative estimate of drug-likeness (QED) is 0.769. The number of nitrogens with zero attached hydrogens (tertiary/aromatic N) is 1. The molecule has 0 aromatic carbocycles. The minimum absolute atomic E-state index is 0.554. The summed E-state index contributed by atoms with van der Waals surface area (Å²) in [4.78, 5) is 2.76. The predicted molar refractivity (Wildman–Crippen MR) is 65.1 cm³/mol. The van der Waals surface area contributed by atoms with Crippen LogP contribution < -0.4 is 5.32 Å². The molecule has 1 heterocycles. The molecule has 1 unspecified atom stereocenters. The smallest absolute Gasteiger partial charge is 0.0195 e. The summed E-state index contributed by atoms with van der Waals surface area (Å²) >= 11 is 0. The first kappa shape index (κ1) is 11.4. The molecule has 0 spiro atoms. The maximum Gasteiger partial charge on any atom is 0.0195 e. The van der Waals surface area contributed by atoms with Gasteiger partial charge in [0.05, 0.1) is 0 Å². The van der Waals surface area contributed by atoms with Crippen molar-refractivity contribution < 1.29 is 0 Å². The van der Waals surface area contributed by atoms with Crippen LogP contribution in [-0.2, 0) is 0 Å². The molecular weight excluding hydrogens is 184 g/mol. The summed E-state index contributed by atoms with van der Waals surface area (Å²) in [5.74, 6) is 0. The van der Waals surface area contributed by atoms with Gasteiger partial charge in [-0.3, -0.25) is 4.90 Å². The molecule has 0 radical (unpaired) electrons. The highest BCUT2D eigenvalue weighted by molar-refractivity contribution is 4.96. The van der Waals surface area contributed by atoms with Gasteiger partial charge in [-0.05, 0) is 52.1 Å². The molecule has 88 valence electrons. The highest BCUT2D eigenvalue weighted by atomic mass is 15.2. The third-order valence-electron chi connectivity index (χ3n) is 4.31. The van der Waals surface area contributed by atoms with E-state index in [2.05, 4.69) is 24.1 Å². The van der Waals surface area contributed by atoms with Crippen molar-refractivity contribution in [3.63, 3.8) is 0 Å². The van der Waals surface area contributed by atoms with Crippen LogP contribution in [0.5, 0.6) is 0 Å². The molecule has 1 N–H and O–H groups in total. The van der Waals surface area contributed by atoms with Crippen molar-refractivity contribution in [1.29, 1.82) is 0 Å². The van der Waals surface area contributed by atoms with Crippen LogP contribution in [0.2, 0.25) is 0 Å². The Labute approximate surface area is 94.4 Å². The lowest BCUT2D eigenvalue weighted by Gasteiger charge is -2.48. The SMILES string of the molecule is CCCC1CN(C2(C)CCC2)CCCN1. The summed E-state index contributed by atoms with van der Waals surface area (Å²) in [7, 11) is 0. The molecule has 2 aliphatic rings. The van der Waals surface area contributed by atoms with Crippen LogP contribution in [0.25, 0.3) is 0 Å². The van der Waals surface area contributed by atoms with Crippen molar-refractivity contribution in [1.82, 2.24) is 10.2 Å². The topological polar surface area (TPSA) is 15.3 Å². The lowest BCUT2D eigenvalue weighted by molar-refractivity contribution is 0.0305. The zero-order valence-electron chi connectivity index (χ0n) is 10.4. The average molecular weight is 210 g/mol. The highest BCUT2D eigenvalue weighted by Gasteiger charge is 2.38. The summed E-state index contributed by atoms with van der Waals surface area (Å²) < 4.78 is 0. The Morgan fingerprint density at radius 2 is 2.13 bits per heavy atom. The van der Waals surface area contributed by atoms with Gasteiger partial charge >= 0.3 is 0 Å². The summed E-state index contributed by atoms with van der Waals surface area (Å²) in [6.07, 6.45) is 8.27. The van der Waals surface area contributed by atoms with Gasteiger partial charge in [-0.1, -0.05) is 13.3 Å². The van der Waals surface area contributed by atoms with E-state index in [1.54, 1.807) is 0 Å². The first-order valence-corrected chi connectivity index (χ1v) is 6.73. The van der Waals surface area contributed by atoms with E-state index < -0.39 is 0 Å². The standard InChI is InChI=1S/C13H26N2/c1-3-6-12-11-15(10-5-9-14-12)13(2)7-4-8-13/h12,14H,3-11H2,1-2H3. The fraction of sp³-hybridized carbons (Fsp3) is 1.00. The fourth-order valence-corrected chi connectivity index (χ4v) is 3.03. The molecule has 2 rings (SSSR count).